The zero-order valence-corrected chi connectivity index (χ0v) is 11.4. The van der Waals surface area contributed by atoms with E-state index in [2.05, 4.69) is 5.32 Å². The molecule has 1 atom stereocenters. The largest absolute Gasteiger partial charge is 0.480 e. The van der Waals surface area contributed by atoms with Crippen molar-refractivity contribution in [3.8, 4) is 0 Å². The molecular weight excluding hydrogens is 273 g/mol. The Balaban J connectivity index is 3.00. The first-order valence-electron chi connectivity index (χ1n) is 5.81. The third-order valence-electron chi connectivity index (χ3n) is 2.78. The normalized spacial score (nSPS) is 13.7. The zero-order chi connectivity index (χ0) is 14.6. The van der Waals surface area contributed by atoms with Crippen LogP contribution < -0.4 is 5.32 Å². The zero-order valence-electron chi connectivity index (χ0n) is 10.7. The van der Waals surface area contributed by atoms with Crippen LogP contribution in [0.4, 0.5) is 4.39 Å². The van der Waals surface area contributed by atoms with E-state index < -0.39 is 23.2 Å². The smallest absolute Gasteiger partial charge is 0.329 e. The number of hydrogen-bond donors (Lipinski definition) is 2. The van der Waals surface area contributed by atoms with Crippen molar-refractivity contribution < 1.29 is 19.1 Å². The molecule has 0 heterocycles. The standard InChI is InChI=1S/C13H15ClFNO3/c1-3-6-13(2,12(18)19)16-11(17)9-7-8(14)4-5-10(9)15/h4-5,7H,3,6H2,1-2H3,(H,16,17)(H,18,19). The molecule has 0 aliphatic rings. The van der Waals surface area contributed by atoms with E-state index in [1.165, 1.54) is 19.1 Å². The Morgan fingerprint density at radius 3 is 2.63 bits per heavy atom. The van der Waals surface area contributed by atoms with Crippen LogP contribution in [0.3, 0.4) is 0 Å². The maximum absolute atomic E-state index is 13.5. The number of nitrogens with one attached hydrogen (secondary N) is 1. The average molecular weight is 288 g/mol. The Kier molecular flexibility index (Phi) is 4.89. The number of hydrogen-bond acceptors (Lipinski definition) is 2. The van der Waals surface area contributed by atoms with E-state index in [0.29, 0.717) is 6.42 Å². The Hall–Kier alpha value is -1.62. The highest BCUT2D eigenvalue weighted by Gasteiger charge is 2.34. The van der Waals surface area contributed by atoms with Crippen molar-refractivity contribution in [2.24, 2.45) is 0 Å². The number of aliphatic carboxylic acids is 1. The molecule has 0 spiro atoms. The van der Waals surface area contributed by atoms with Crippen LogP contribution >= 0.6 is 11.6 Å². The van der Waals surface area contributed by atoms with Crippen molar-refractivity contribution in [1.82, 2.24) is 5.32 Å². The highest BCUT2D eigenvalue weighted by atomic mass is 35.5. The lowest BCUT2D eigenvalue weighted by atomic mass is 9.95. The van der Waals surface area contributed by atoms with Crippen molar-refractivity contribution in [1.29, 1.82) is 0 Å². The van der Waals surface area contributed by atoms with Gasteiger partial charge in [-0.2, -0.15) is 0 Å². The predicted molar refractivity (Wildman–Crippen MR) is 69.8 cm³/mol. The second-order valence-electron chi connectivity index (χ2n) is 4.47. The number of amides is 1. The van der Waals surface area contributed by atoms with Gasteiger partial charge in [0.15, 0.2) is 0 Å². The Bertz CT molecular complexity index is 507. The molecule has 0 radical (unpaired) electrons. The molecule has 1 amide bonds. The molecule has 104 valence electrons. The van der Waals surface area contributed by atoms with Crippen LogP contribution in [0.1, 0.15) is 37.0 Å². The number of rotatable bonds is 5. The number of carbonyl (C=O) groups is 2. The van der Waals surface area contributed by atoms with E-state index in [0.717, 1.165) is 6.07 Å². The predicted octanol–water partition coefficient (Wildman–Crippen LogP) is 2.85. The van der Waals surface area contributed by atoms with E-state index in [9.17, 15) is 14.0 Å². The quantitative estimate of drug-likeness (QED) is 0.875. The number of benzene rings is 1. The van der Waals surface area contributed by atoms with Crippen LogP contribution in [0.2, 0.25) is 5.02 Å². The SMILES string of the molecule is CCCC(C)(NC(=O)c1cc(Cl)ccc1F)C(=O)O. The van der Waals surface area contributed by atoms with Crippen LogP contribution in [0.15, 0.2) is 18.2 Å². The van der Waals surface area contributed by atoms with E-state index >= 15 is 0 Å². The van der Waals surface area contributed by atoms with Gasteiger partial charge in [-0.3, -0.25) is 4.79 Å². The average Bonchev–Trinajstić information content (AvgIpc) is 2.32. The lowest BCUT2D eigenvalue weighted by molar-refractivity contribution is -0.144. The number of carboxylic acids is 1. The van der Waals surface area contributed by atoms with Crippen LogP contribution in [-0.4, -0.2) is 22.5 Å². The van der Waals surface area contributed by atoms with Crippen LogP contribution in [0, 0.1) is 5.82 Å². The maximum Gasteiger partial charge on any atom is 0.329 e. The summed E-state index contributed by atoms with van der Waals surface area (Å²) in [7, 11) is 0. The van der Waals surface area contributed by atoms with Gasteiger partial charge in [-0.15, -0.1) is 0 Å². The van der Waals surface area contributed by atoms with Crippen molar-refractivity contribution in [2.75, 3.05) is 0 Å². The van der Waals surface area contributed by atoms with Gasteiger partial charge in [0, 0.05) is 5.02 Å². The van der Waals surface area contributed by atoms with Gasteiger partial charge in [0.1, 0.15) is 11.4 Å². The first-order chi connectivity index (χ1) is 8.80. The summed E-state index contributed by atoms with van der Waals surface area (Å²) < 4.78 is 13.5. The molecule has 1 rings (SSSR count). The van der Waals surface area contributed by atoms with Crippen molar-refractivity contribution in [3.63, 3.8) is 0 Å². The van der Waals surface area contributed by atoms with Crippen molar-refractivity contribution in [3.05, 3.63) is 34.6 Å². The third-order valence-corrected chi connectivity index (χ3v) is 3.02. The lowest BCUT2D eigenvalue weighted by Gasteiger charge is -2.25. The summed E-state index contributed by atoms with van der Waals surface area (Å²) in [6.07, 6.45) is 0.817. The fourth-order valence-electron chi connectivity index (χ4n) is 1.71. The summed E-state index contributed by atoms with van der Waals surface area (Å²) >= 11 is 5.69. The second-order valence-corrected chi connectivity index (χ2v) is 4.90. The van der Waals surface area contributed by atoms with Gasteiger partial charge in [0.05, 0.1) is 5.56 Å². The molecule has 4 nitrogen and oxygen atoms in total. The van der Waals surface area contributed by atoms with Crippen molar-refractivity contribution >= 4 is 23.5 Å². The van der Waals surface area contributed by atoms with Crippen LogP contribution in [-0.2, 0) is 4.79 Å². The van der Waals surface area contributed by atoms with Gasteiger partial charge in [0.25, 0.3) is 5.91 Å². The minimum absolute atomic E-state index is 0.207. The van der Waals surface area contributed by atoms with E-state index in [1.807, 2.05) is 0 Å². The van der Waals surface area contributed by atoms with Crippen molar-refractivity contribution in [2.45, 2.75) is 32.2 Å². The summed E-state index contributed by atoms with van der Waals surface area (Å²) in [6.45, 7) is 3.19. The second kappa shape index (κ2) is 6.02. The summed E-state index contributed by atoms with van der Waals surface area (Å²) in [5.74, 6) is -2.70. The highest BCUT2D eigenvalue weighted by molar-refractivity contribution is 6.31. The molecule has 0 saturated heterocycles. The van der Waals surface area contributed by atoms with E-state index in [-0.39, 0.29) is 17.0 Å². The number of halogens is 2. The van der Waals surface area contributed by atoms with Gasteiger partial charge >= 0.3 is 5.97 Å². The molecule has 0 aromatic heterocycles. The lowest BCUT2D eigenvalue weighted by Crippen LogP contribution is -2.52. The molecule has 1 aromatic carbocycles. The minimum Gasteiger partial charge on any atom is -0.480 e. The molecule has 0 bridgehead atoms. The molecule has 1 aromatic rings. The van der Waals surface area contributed by atoms with Crippen LogP contribution in [0.5, 0.6) is 0 Å². The monoisotopic (exact) mass is 287 g/mol. The van der Waals surface area contributed by atoms with E-state index in [4.69, 9.17) is 16.7 Å². The van der Waals surface area contributed by atoms with Crippen LogP contribution in [0.25, 0.3) is 0 Å². The topological polar surface area (TPSA) is 66.4 Å². The summed E-state index contributed by atoms with van der Waals surface area (Å²) in [4.78, 5) is 23.1. The fourth-order valence-corrected chi connectivity index (χ4v) is 1.88. The van der Waals surface area contributed by atoms with E-state index in [1.54, 1.807) is 6.92 Å². The summed E-state index contributed by atoms with van der Waals surface area (Å²) in [5, 5.41) is 11.7. The first-order valence-corrected chi connectivity index (χ1v) is 6.19. The molecule has 0 aliphatic heterocycles. The molecule has 2 N–H and O–H groups in total. The molecular formula is C13H15ClFNO3. The first kappa shape index (κ1) is 15.4. The van der Waals surface area contributed by atoms with Gasteiger partial charge in [-0.05, 0) is 31.5 Å². The number of carboxylic acid groups (broad SMARTS) is 1. The Morgan fingerprint density at radius 2 is 2.11 bits per heavy atom. The molecule has 0 aliphatic carbocycles. The molecule has 1 unspecified atom stereocenters. The summed E-state index contributed by atoms with van der Waals surface area (Å²) in [6, 6.07) is 3.55. The number of carbonyl (C=O) groups excluding carboxylic acids is 1. The molecule has 0 fully saturated rings. The third kappa shape index (κ3) is 3.67. The fraction of sp³-hybridized carbons (Fsp3) is 0.385. The molecule has 6 heteroatoms. The van der Waals surface area contributed by atoms with Gasteiger partial charge < -0.3 is 10.4 Å². The minimum atomic E-state index is -1.43. The Labute approximate surface area is 115 Å². The maximum atomic E-state index is 13.5. The molecule has 19 heavy (non-hydrogen) atoms. The van der Waals surface area contributed by atoms with Gasteiger partial charge in [-0.1, -0.05) is 24.9 Å². The Morgan fingerprint density at radius 1 is 1.47 bits per heavy atom. The summed E-state index contributed by atoms with van der Waals surface area (Å²) in [5.41, 5.74) is -1.70. The van der Waals surface area contributed by atoms with Gasteiger partial charge in [0.2, 0.25) is 0 Å². The molecule has 0 saturated carbocycles. The highest BCUT2D eigenvalue weighted by Crippen LogP contribution is 2.18. The van der Waals surface area contributed by atoms with Gasteiger partial charge in [-0.25, -0.2) is 9.18 Å².